The summed E-state index contributed by atoms with van der Waals surface area (Å²) in [7, 11) is 0. The average Bonchev–Trinajstić information content (AvgIpc) is 3.51. The summed E-state index contributed by atoms with van der Waals surface area (Å²) in [5, 5.41) is 33.3. The van der Waals surface area contributed by atoms with Gasteiger partial charge >= 0.3 is 0 Å². The molecule has 6 rings (SSSR count). The molecule has 0 radical (unpaired) electrons. The molecule has 0 spiro atoms. The van der Waals surface area contributed by atoms with Crippen LogP contribution in [-0.4, -0.2) is 49.6 Å². The van der Waals surface area contributed by atoms with Gasteiger partial charge in [0.25, 0.3) is 0 Å². The van der Waals surface area contributed by atoms with E-state index in [0.29, 0.717) is 42.6 Å². The topological polar surface area (TPSA) is 107 Å². The number of carbonyl (C=O) groups excluding carboxylic acids is 1. The highest BCUT2D eigenvalue weighted by Crippen LogP contribution is 2.51. The Morgan fingerprint density at radius 3 is 2.89 bits per heavy atom. The average molecular weight is 531 g/mol. The van der Waals surface area contributed by atoms with Gasteiger partial charge in [0.2, 0.25) is 5.91 Å². The molecule has 1 amide bonds. The molecule has 2 aliphatic heterocycles. The van der Waals surface area contributed by atoms with E-state index in [4.69, 9.17) is 11.6 Å². The number of carbonyl (C=O) groups is 1. The third-order valence-corrected chi connectivity index (χ3v) is 9.41. The number of aliphatic hydroxyl groups is 1. The lowest BCUT2D eigenvalue weighted by molar-refractivity contribution is -0.126. The van der Waals surface area contributed by atoms with E-state index < -0.39 is 5.41 Å². The molecule has 1 saturated carbocycles. The standard InChI is InChI=1S/C29H31ClN6O2/c1-18-22-14-27(35(17-31)15-20(22)9-10-26(18)37)29(23-7-2-3-8-24(23)32-28(29)38)11-12-36-16-25(33-34-36)19-5-4-6-21(30)13-19/h2-8,13,16,18,20,22,26-27,37H,9-12,14-15H2,1H3,(H,32,38)/t18-,20+,22-,26+,27+,29+/m1/s1. The number of anilines is 1. The number of nitrogens with zero attached hydrogens (tertiary/aromatic N) is 5. The number of likely N-dealkylation sites (tertiary alicyclic amines) is 1. The van der Waals surface area contributed by atoms with Crippen LogP contribution in [0.5, 0.6) is 0 Å². The van der Waals surface area contributed by atoms with Crippen LogP contribution in [0.1, 0.15) is 38.2 Å². The number of benzene rings is 2. The van der Waals surface area contributed by atoms with E-state index in [2.05, 4.69) is 28.7 Å². The molecule has 3 heterocycles. The number of piperidine rings is 1. The number of rotatable bonds is 5. The van der Waals surface area contributed by atoms with Crippen molar-refractivity contribution in [1.29, 1.82) is 5.26 Å². The maximum Gasteiger partial charge on any atom is 0.237 e. The molecule has 9 heteroatoms. The number of nitrogens with one attached hydrogen (secondary N) is 1. The Morgan fingerprint density at radius 1 is 1.24 bits per heavy atom. The van der Waals surface area contributed by atoms with Crippen molar-refractivity contribution < 1.29 is 9.90 Å². The molecule has 2 aromatic carbocycles. The Morgan fingerprint density at radius 2 is 2.08 bits per heavy atom. The first-order valence-corrected chi connectivity index (χ1v) is 13.7. The molecule has 38 heavy (non-hydrogen) atoms. The smallest absolute Gasteiger partial charge is 0.237 e. The number of para-hydroxylation sites is 1. The summed E-state index contributed by atoms with van der Waals surface area (Å²) in [5.74, 6) is 0.647. The zero-order valence-electron chi connectivity index (χ0n) is 21.3. The second-order valence-corrected chi connectivity index (χ2v) is 11.5. The van der Waals surface area contributed by atoms with Crippen molar-refractivity contribution in [1.82, 2.24) is 19.9 Å². The molecule has 196 valence electrons. The van der Waals surface area contributed by atoms with Crippen LogP contribution in [0.4, 0.5) is 5.69 Å². The Labute approximate surface area is 227 Å². The first kappa shape index (κ1) is 24.9. The summed E-state index contributed by atoms with van der Waals surface area (Å²) in [6.45, 7) is 3.18. The van der Waals surface area contributed by atoms with E-state index in [9.17, 15) is 15.2 Å². The van der Waals surface area contributed by atoms with E-state index in [1.54, 1.807) is 4.68 Å². The second kappa shape index (κ2) is 9.72. The van der Waals surface area contributed by atoms with Gasteiger partial charge in [0.05, 0.1) is 23.8 Å². The quantitative estimate of drug-likeness (QED) is 0.472. The van der Waals surface area contributed by atoms with Crippen molar-refractivity contribution in [3.8, 4) is 17.5 Å². The van der Waals surface area contributed by atoms with Gasteiger partial charge in [-0.2, -0.15) is 5.26 Å². The second-order valence-electron chi connectivity index (χ2n) is 11.0. The number of aliphatic hydroxyl groups excluding tert-OH is 1. The van der Waals surface area contributed by atoms with Crippen molar-refractivity contribution in [3.05, 3.63) is 65.3 Å². The van der Waals surface area contributed by atoms with Gasteiger partial charge in [-0.3, -0.25) is 9.48 Å². The van der Waals surface area contributed by atoms with Crippen LogP contribution in [0.25, 0.3) is 11.3 Å². The fourth-order valence-electron chi connectivity index (χ4n) is 7.11. The molecular weight excluding hydrogens is 500 g/mol. The van der Waals surface area contributed by atoms with Gasteiger partial charge in [-0.05, 0) is 67.2 Å². The SMILES string of the molecule is C[C@@H]1[C@H]2C[C@@H]([C@@]3(CCn4cc(-c5cccc(Cl)c5)nn4)C(=O)Nc4ccccc43)N(C#N)C[C@@H]2CC[C@@H]1O. The van der Waals surface area contributed by atoms with Crippen molar-refractivity contribution in [3.63, 3.8) is 0 Å². The normalized spacial score (nSPS) is 30.3. The van der Waals surface area contributed by atoms with Crippen molar-refractivity contribution >= 4 is 23.2 Å². The van der Waals surface area contributed by atoms with Crippen molar-refractivity contribution in [2.75, 3.05) is 11.9 Å². The minimum Gasteiger partial charge on any atom is -0.393 e. The summed E-state index contributed by atoms with van der Waals surface area (Å²) in [4.78, 5) is 15.8. The van der Waals surface area contributed by atoms with Crippen LogP contribution in [0, 0.1) is 29.2 Å². The van der Waals surface area contributed by atoms with Gasteiger partial charge in [0.15, 0.2) is 6.19 Å². The van der Waals surface area contributed by atoms with Gasteiger partial charge in [0.1, 0.15) is 5.69 Å². The van der Waals surface area contributed by atoms with E-state index in [0.717, 1.165) is 29.7 Å². The van der Waals surface area contributed by atoms with Gasteiger partial charge in [-0.15, -0.1) is 5.10 Å². The largest absolute Gasteiger partial charge is 0.393 e. The van der Waals surface area contributed by atoms with Gasteiger partial charge < -0.3 is 15.3 Å². The molecular formula is C29H31ClN6O2. The lowest BCUT2D eigenvalue weighted by Gasteiger charge is -2.52. The molecule has 3 aliphatic rings. The summed E-state index contributed by atoms with van der Waals surface area (Å²) in [5.41, 5.74) is 2.38. The first-order chi connectivity index (χ1) is 18.4. The van der Waals surface area contributed by atoms with Crippen LogP contribution in [0.3, 0.4) is 0 Å². The van der Waals surface area contributed by atoms with Gasteiger partial charge in [0, 0.05) is 29.4 Å². The van der Waals surface area contributed by atoms with Crippen LogP contribution >= 0.6 is 11.6 Å². The summed E-state index contributed by atoms with van der Waals surface area (Å²) < 4.78 is 1.77. The number of fused-ring (bicyclic) bond motifs is 2. The molecule has 1 aliphatic carbocycles. The molecule has 0 unspecified atom stereocenters. The van der Waals surface area contributed by atoms with Crippen LogP contribution in [0.15, 0.2) is 54.7 Å². The summed E-state index contributed by atoms with van der Waals surface area (Å²) in [6.07, 6.45) is 6.79. The lowest BCUT2D eigenvalue weighted by atomic mass is 9.61. The van der Waals surface area contributed by atoms with Crippen LogP contribution in [0.2, 0.25) is 5.02 Å². The van der Waals surface area contributed by atoms with Crippen LogP contribution in [-0.2, 0) is 16.8 Å². The third kappa shape index (κ3) is 4.05. The zero-order chi connectivity index (χ0) is 26.4. The number of aromatic nitrogens is 3. The molecule has 3 aromatic rings. The highest BCUT2D eigenvalue weighted by molar-refractivity contribution is 6.30. The molecule has 2 N–H and O–H groups in total. The minimum atomic E-state index is -0.929. The maximum absolute atomic E-state index is 13.9. The Hall–Kier alpha value is -3.41. The Balaban J connectivity index is 1.36. The predicted octanol–water partition coefficient (Wildman–Crippen LogP) is 4.46. The highest BCUT2D eigenvalue weighted by Gasteiger charge is 2.57. The van der Waals surface area contributed by atoms with Crippen LogP contribution < -0.4 is 5.32 Å². The number of hydrogen-bond acceptors (Lipinski definition) is 6. The van der Waals surface area contributed by atoms with E-state index in [-0.39, 0.29) is 29.9 Å². The van der Waals surface area contributed by atoms with Crippen molar-refractivity contribution in [2.24, 2.45) is 17.8 Å². The molecule has 2 fully saturated rings. The summed E-state index contributed by atoms with van der Waals surface area (Å²) >= 11 is 6.17. The molecule has 1 saturated heterocycles. The van der Waals surface area contributed by atoms with E-state index in [1.807, 2.05) is 59.6 Å². The third-order valence-electron chi connectivity index (χ3n) is 9.18. The van der Waals surface area contributed by atoms with Gasteiger partial charge in [-0.25, -0.2) is 0 Å². The number of amides is 1. The van der Waals surface area contributed by atoms with Gasteiger partial charge in [-0.1, -0.05) is 54.1 Å². The molecule has 1 aromatic heterocycles. The zero-order valence-corrected chi connectivity index (χ0v) is 22.1. The Bertz CT molecular complexity index is 1400. The van der Waals surface area contributed by atoms with Crippen molar-refractivity contribution in [2.45, 2.75) is 56.7 Å². The maximum atomic E-state index is 13.9. The fourth-order valence-corrected chi connectivity index (χ4v) is 7.30. The minimum absolute atomic E-state index is 0.0819. The lowest BCUT2D eigenvalue weighted by Crippen LogP contribution is -2.60. The Kier molecular flexibility index (Phi) is 6.37. The number of hydrogen-bond donors (Lipinski definition) is 2. The molecule has 8 nitrogen and oxygen atoms in total. The predicted molar refractivity (Wildman–Crippen MR) is 144 cm³/mol. The monoisotopic (exact) mass is 530 g/mol. The molecule has 0 bridgehead atoms. The van der Waals surface area contributed by atoms with E-state index in [1.165, 1.54) is 0 Å². The highest BCUT2D eigenvalue weighted by atomic mass is 35.5. The number of nitriles is 1. The van der Waals surface area contributed by atoms with E-state index >= 15 is 0 Å². The number of halogens is 1. The fraction of sp³-hybridized carbons (Fsp3) is 0.448. The number of aryl methyl sites for hydroxylation is 1. The first-order valence-electron chi connectivity index (χ1n) is 13.3. The summed E-state index contributed by atoms with van der Waals surface area (Å²) in [6, 6.07) is 15.0. The molecule has 6 atom stereocenters.